The van der Waals surface area contributed by atoms with Crippen LogP contribution in [0.1, 0.15) is 66.2 Å². The van der Waals surface area contributed by atoms with Crippen LogP contribution < -0.4 is 0 Å². The molecule has 0 aliphatic heterocycles. The van der Waals surface area contributed by atoms with Crippen molar-refractivity contribution in [2.45, 2.75) is 78.4 Å². The Morgan fingerprint density at radius 3 is 2.21 bits per heavy atom. The molecule has 6 nitrogen and oxygen atoms in total. The number of carbonyl (C=O) groups excluding carboxylic acids is 1. The van der Waals surface area contributed by atoms with E-state index >= 15 is 0 Å². The summed E-state index contributed by atoms with van der Waals surface area (Å²) in [6, 6.07) is 0. The van der Waals surface area contributed by atoms with Crippen LogP contribution in [0.4, 0.5) is 0 Å². The van der Waals surface area contributed by atoms with Crippen LogP contribution in [0.5, 0.6) is 0 Å². The number of allylic oxidation sites excluding steroid dienone is 2. The van der Waals surface area contributed by atoms with Crippen LogP contribution in [-0.4, -0.2) is 51.8 Å². The van der Waals surface area contributed by atoms with Gasteiger partial charge in [0, 0.05) is 18.9 Å². The Balaban J connectivity index is 0.000000707. The average molecular weight is 410 g/mol. The summed E-state index contributed by atoms with van der Waals surface area (Å²) in [4.78, 5) is 11.6. The molecule has 0 heterocycles. The minimum Gasteiger partial charge on any atom is -0.411 e. The summed E-state index contributed by atoms with van der Waals surface area (Å²) < 4.78 is 0. The Morgan fingerprint density at radius 2 is 1.62 bits per heavy atom. The number of rotatable bonds is 1. The number of aliphatic hydroxyl groups excluding tert-OH is 3. The number of hydrogen-bond acceptors (Lipinski definition) is 6. The lowest BCUT2D eigenvalue weighted by Crippen LogP contribution is -2.55. The molecule has 4 N–H and O–H groups in total. The van der Waals surface area contributed by atoms with Crippen molar-refractivity contribution in [1.82, 2.24) is 0 Å². The van der Waals surface area contributed by atoms with E-state index in [9.17, 15) is 20.2 Å². The first-order valence-electron chi connectivity index (χ1n) is 11.0. The molecule has 0 bridgehead atoms. The van der Waals surface area contributed by atoms with Gasteiger partial charge < -0.3 is 25.3 Å². The molecule has 0 saturated heterocycles. The van der Waals surface area contributed by atoms with Gasteiger partial charge >= 0.3 is 0 Å². The van der Waals surface area contributed by atoms with Gasteiger partial charge in [0.2, 0.25) is 0 Å². The number of carbonyl (C=O) groups is 1. The van der Waals surface area contributed by atoms with Gasteiger partial charge in [0.05, 0.1) is 17.9 Å². The van der Waals surface area contributed by atoms with Gasteiger partial charge in [0.15, 0.2) is 0 Å². The van der Waals surface area contributed by atoms with Gasteiger partial charge in [0.25, 0.3) is 0 Å². The third-order valence-electron chi connectivity index (χ3n) is 8.30. The van der Waals surface area contributed by atoms with Gasteiger partial charge in [-0.3, -0.25) is 0 Å². The van der Waals surface area contributed by atoms with Gasteiger partial charge in [-0.1, -0.05) is 38.4 Å². The molecule has 0 aromatic rings. The largest absolute Gasteiger partial charge is 0.411 e. The third kappa shape index (κ3) is 3.68. The SMILES string of the molecule is CC.CC12CCC3C(=C/C(=N/O)C4CC(O)C(O)CC34C)C1CCC2C=O.CO. The summed E-state index contributed by atoms with van der Waals surface area (Å²) in [6.07, 6.45) is 6.63. The van der Waals surface area contributed by atoms with Gasteiger partial charge in [-0.05, 0) is 67.3 Å². The summed E-state index contributed by atoms with van der Waals surface area (Å²) in [6.45, 7) is 8.43. The monoisotopic (exact) mass is 409 g/mol. The standard InChI is InChI=1S/C20H29NO4.C2H6.CH4O/c1-19-6-5-14-12(13(19)4-3-11(19)10-22)7-16(21-25)15-8-17(23)18(24)9-20(14,15)2;2*1-2/h7,10-11,13-15,17-18,23-25H,3-6,8-9H2,1-2H3;1-2H3;2H,1H3/b21-16-;;. The predicted octanol–water partition coefficient (Wildman–Crippen LogP) is 3.17. The van der Waals surface area contributed by atoms with Gasteiger partial charge in [-0.25, -0.2) is 0 Å². The number of aliphatic hydroxyl groups is 3. The normalized spacial score (nSPS) is 46.6. The molecule has 4 aliphatic rings. The van der Waals surface area contributed by atoms with Gasteiger partial charge in [0.1, 0.15) is 6.29 Å². The topological polar surface area (TPSA) is 110 Å². The molecule has 0 amide bonds. The zero-order valence-corrected chi connectivity index (χ0v) is 18.5. The van der Waals surface area contributed by atoms with Crippen molar-refractivity contribution < 1.29 is 25.3 Å². The lowest BCUT2D eigenvalue weighted by Gasteiger charge is -2.57. The van der Waals surface area contributed by atoms with E-state index in [1.54, 1.807) is 0 Å². The van der Waals surface area contributed by atoms with Crippen molar-refractivity contribution in [2.75, 3.05) is 7.11 Å². The van der Waals surface area contributed by atoms with Crippen LogP contribution in [0.15, 0.2) is 16.8 Å². The molecule has 8 atom stereocenters. The highest BCUT2D eigenvalue weighted by molar-refractivity contribution is 5.99. The van der Waals surface area contributed by atoms with Gasteiger partial charge in [-0.2, -0.15) is 0 Å². The first-order valence-corrected chi connectivity index (χ1v) is 11.0. The second-order valence-corrected chi connectivity index (χ2v) is 9.27. The van der Waals surface area contributed by atoms with Crippen LogP contribution in [0, 0.1) is 34.5 Å². The minimum absolute atomic E-state index is 0.000637. The molecule has 4 aliphatic carbocycles. The highest BCUT2D eigenvalue weighted by Crippen LogP contribution is 2.65. The lowest BCUT2D eigenvalue weighted by molar-refractivity contribution is -0.115. The molecule has 8 unspecified atom stereocenters. The molecule has 0 radical (unpaired) electrons. The molecule has 3 saturated carbocycles. The maximum Gasteiger partial charge on any atom is 0.123 e. The van der Waals surface area contributed by atoms with E-state index < -0.39 is 12.2 Å². The van der Waals surface area contributed by atoms with Crippen molar-refractivity contribution in [1.29, 1.82) is 0 Å². The van der Waals surface area contributed by atoms with E-state index in [2.05, 4.69) is 25.1 Å². The van der Waals surface area contributed by atoms with E-state index in [1.165, 1.54) is 5.57 Å². The fraction of sp³-hybridized carbons (Fsp3) is 0.826. The molecular weight excluding hydrogens is 370 g/mol. The fourth-order valence-corrected chi connectivity index (χ4v) is 6.78. The van der Waals surface area contributed by atoms with Crippen LogP contribution >= 0.6 is 0 Å². The molecule has 0 aromatic carbocycles. The minimum atomic E-state index is -0.760. The lowest BCUT2D eigenvalue weighted by atomic mass is 9.47. The number of fused-ring (bicyclic) bond motifs is 5. The molecule has 0 aromatic heterocycles. The van der Waals surface area contributed by atoms with E-state index in [1.807, 2.05) is 13.8 Å². The summed E-state index contributed by atoms with van der Waals surface area (Å²) in [5, 5.41) is 40.7. The average Bonchev–Trinajstić information content (AvgIpc) is 3.08. The van der Waals surface area contributed by atoms with Crippen molar-refractivity contribution >= 4 is 12.0 Å². The highest BCUT2D eigenvalue weighted by Gasteiger charge is 2.59. The predicted molar refractivity (Wildman–Crippen MR) is 113 cm³/mol. The van der Waals surface area contributed by atoms with Crippen LogP contribution in [-0.2, 0) is 4.79 Å². The first-order chi connectivity index (χ1) is 13.8. The van der Waals surface area contributed by atoms with E-state index in [4.69, 9.17) is 5.11 Å². The Kier molecular flexibility index (Phi) is 7.68. The van der Waals surface area contributed by atoms with Gasteiger partial charge in [-0.15, -0.1) is 0 Å². The van der Waals surface area contributed by atoms with E-state index in [-0.39, 0.29) is 22.7 Å². The Morgan fingerprint density at radius 1 is 1.00 bits per heavy atom. The summed E-state index contributed by atoms with van der Waals surface area (Å²) >= 11 is 0. The maximum absolute atomic E-state index is 11.6. The second-order valence-electron chi connectivity index (χ2n) is 9.27. The number of hydrogen-bond donors (Lipinski definition) is 4. The van der Waals surface area contributed by atoms with Crippen LogP contribution in [0.2, 0.25) is 0 Å². The Hall–Kier alpha value is -1.24. The molecule has 4 rings (SSSR count). The number of aldehydes is 1. The van der Waals surface area contributed by atoms with Crippen molar-refractivity contribution in [3.8, 4) is 0 Å². The highest BCUT2D eigenvalue weighted by atomic mass is 16.4. The van der Waals surface area contributed by atoms with E-state index in [0.717, 1.165) is 39.1 Å². The number of oxime groups is 1. The summed E-state index contributed by atoms with van der Waals surface area (Å²) in [5.41, 5.74) is 1.75. The van der Waals surface area contributed by atoms with Crippen LogP contribution in [0.3, 0.4) is 0 Å². The smallest absolute Gasteiger partial charge is 0.123 e. The molecule has 166 valence electrons. The summed E-state index contributed by atoms with van der Waals surface area (Å²) in [5.74, 6) is 0.754. The van der Waals surface area contributed by atoms with Crippen molar-refractivity contribution in [2.24, 2.45) is 39.7 Å². The zero-order chi connectivity index (χ0) is 22.0. The van der Waals surface area contributed by atoms with E-state index in [0.29, 0.717) is 30.4 Å². The summed E-state index contributed by atoms with van der Waals surface area (Å²) in [7, 11) is 1.00. The Bertz CT molecular complexity index is 647. The molecule has 29 heavy (non-hydrogen) atoms. The molecule has 0 spiro atoms. The zero-order valence-electron chi connectivity index (χ0n) is 18.5. The van der Waals surface area contributed by atoms with Crippen LogP contribution in [0.25, 0.3) is 0 Å². The first kappa shape index (κ1) is 24.0. The van der Waals surface area contributed by atoms with Crippen molar-refractivity contribution in [3.05, 3.63) is 11.6 Å². The molecular formula is C23H39NO5. The quantitative estimate of drug-likeness (QED) is 0.302. The Labute approximate surface area is 174 Å². The number of nitrogens with zero attached hydrogens (tertiary/aromatic N) is 1. The second kappa shape index (κ2) is 9.27. The molecule has 6 heteroatoms. The maximum atomic E-state index is 11.6. The van der Waals surface area contributed by atoms with Crippen molar-refractivity contribution in [3.63, 3.8) is 0 Å². The molecule has 3 fully saturated rings. The third-order valence-corrected chi connectivity index (χ3v) is 8.30. The fourth-order valence-electron chi connectivity index (χ4n) is 6.78.